The average molecular weight is 379 g/mol. The summed E-state index contributed by atoms with van der Waals surface area (Å²) in [4.78, 5) is 12.7. The molecule has 0 unspecified atom stereocenters. The zero-order valence-electron chi connectivity index (χ0n) is 15.6. The van der Waals surface area contributed by atoms with Gasteiger partial charge in [-0.1, -0.05) is 19.9 Å². The van der Waals surface area contributed by atoms with E-state index in [1.54, 1.807) is 6.07 Å². The number of aryl methyl sites for hydroxylation is 1. The van der Waals surface area contributed by atoms with Crippen molar-refractivity contribution in [2.45, 2.75) is 26.7 Å². The van der Waals surface area contributed by atoms with Crippen LogP contribution in [-0.4, -0.2) is 20.1 Å². The molecular weight excluding hydrogens is 361 g/mol. The average Bonchev–Trinajstić information content (AvgIpc) is 3.07. The van der Waals surface area contributed by atoms with Gasteiger partial charge in [0.05, 0.1) is 6.20 Å². The van der Waals surface area contributed by atoms with Gasteiger partial charge in [-0.2, -0.15) is 4.98 Å². The van der Waals surface area contributed by atoms with Crippen molar-refractivity contribution in [1.82, 2.24) is 15.0 Å². The van der Waals surface area contributed by atoms with E-state index in [0.717, 1.165) is 16.7 Å². The second-order valence-corrected chi connectivity index (χ2v) is 6.81. The maximum atomic E-state index is 13.3. The normalized spacial score (nSPS) is 11.3. The van der Waals surface area contributed by atoms with E-state index in [2.05, 4.69) is 15.0 Å². The van der Waals surface area contributed by atoms with Gasteiger partial charge in [-0.25, -0.2) is 14.4 Å². The summed E-state index contributed by atoms with van der Waals surface area (Å²) in [6.45, 7) is 5.84. The van der Waals surface area contributed by atoms with Gasteiger partial charge in [0.2, 0.25) is 5.89 Å². The first-order valence-electron chi connectivity index (χ1n) is 8.81. The lowest BCUT2D eigenvalue weighted by Gasteiger charge is -2.12. The molecule has 0 saturated carbocycles. The molecule has 2 aromatic carbocycles. The molecule has 6 nitrogen and oxygen atoms in total. The lowest BCUT2D eigenvalue weighted by molar-refractivity contribution is 0.436. The summed E-state index contributed by atoms with van der Waals surface area (Å²) in [5.41, 5.74) is 3.03. The molecule has 1 N–H and O–H groups in total. The molecule has 0 fully saturated rings. The predicted octanol–water partition coefficient (Wildman–Crippen LogP) is 5.35. The molecule has 0 amide bonds. The number of phenols is 1. The van der Waals surface area contributed by atoms with E-state index < -0.39 is 5.82 Å². The van der Waals surface area contributed by atoms with Gasteiger partial charge >= 0.3 is 6.01 Å². The van der Waals surface area contributed by atoms with Gasteiger partial charge in [-0.15, -0.1) is 0 Å². The summed E-state index contributed by atoms with van der Waals surface area (Å²) in [7, 11) is 0. The highest BCUT2D eigenvalue weighted by atomic mass is 19.1. The van der Waals surface area contributed by atoms with Crippen molar-refractivity contribution in [2.24, 2.45) is 0 Å². The Balaban J connectivity index is 1.71. The molecule has 2 heterocycles. The molecule has 0 atom stereocenters. The van der Waals surface area contributed by atoms with E-state index in [0.29, 0.717) is 11.4 Å². The maximum absolute atomic E-state index is 13.3. The standard InChI is InChI=1S/C21H18FN3O3/c1-11(2)16-8-13(7-12(3)18(16)26)19-24-17-10-23-21(25-20(17)28-19)27-15-6-4-5-14(22)9-15/h4-11,26H,1-3H3. The van der Waals surface area contributed by atoms with Crippen LogP contribution in [0.2, 0.25) is 0 Å². The first kappa shape index (κ1) is 17.9. The number of aromatic nitrogens is 3. The number of halogens is 1. The third-order valence-electron chi connectivity index (χ3n) is 4.33. The molecule has 7 heteroatoms. The van der Waals surface area contributed by atoms with E-state index >= 15 is 0 Å². The Morgan fingerprint density at radius 2 is 1.96 bits per heavy atom. The molecule has 0 aliphatic heterocycles. The number of phenolic OH excluding ortho intramolecular Hbond substituents is 1. The maximum Gasteiger partial charge on any atom is 0.325 e. The number of nitrogens with zero attached hydrogens (tertiary/aromatic N) is 3. The number of hydrogen-bond acceptors (Lipinski definition) is 6. The summed E-state index contributed by atoms with van der Waals surface area (Å²) < 4.78 is 24.6. The third-order valence-corrected chi connectivity index (χ3v) is 4.33. The molecule has 0 aliphatic carbocycles. The Morgan fingerprint density at radius 3 is 2.71 bits per heavy atom. The first-order valence-corrected chi connectivity index (χ1v) is 8.81. The summed E-state index contributed by atoms with van der Waals surface area (Å²) in [6.07, 6.45) is 1.49. The largest absolute Gasteiger partial charge is 0.507 e. The molecular formula is C21H18FN3O3. The number of ether oxygens (including phenoxy) is 1. The van der Waals surface area contributed by atoms with Crippen LogP contribution in [0.5, 0.6) is 17.5 Å². The lowest BCUT2D eigenvalue weighted by Crippen LogP contribution is -1.92. The highest BCUT2D eigenvalue weighted by molar-refractivity contribution is 5.73. The smallest absolute Gasteiger partial charge is 0.325 e. The number of fused-ring (bicyclic) bond motifs is 1. The van der Waals surface area contributed by atoms with E-state index in [1.807, 2.05) is 32.9 Å². The van der Waals surface area contributed by atoms with Gasteiger partial charge in [0.25, 0.3) is 5.71 Å². The number of benzene rings is 2. The second-order valence-electron chi connectivity index (χ2n) is 6.81. The third kappa shape index (κ3) is 3.38. The van der Waals surface area contributed by atoms with Gasteiger partial charge in [0, 0.05) is 11.6 Å². The van der Waals surface area contributed by atoms with Crippen LogP contribution in [-0.2, 0) is 0 Å². The fraction of sp³-hybridized carbons (Fsp3) is 0.190. The monoisotopic (exact) mass is 379 g/mol. The van der Waals surface area contributed by atoms with Crippen LogP contribution in [0.3, 0.4) is 0 Å². The number of aromatic hydroxyl groups is 1. The minimum absolute atomic E-state index is 0.0329. The van der Waals surface area contributed by atoms with Gasteiger partial charge < -0.3 is 14.3 Å². The fourth-order valence-electron chi connectivity index (χ4n) is 2.90. The summed E-state index contributed by atoms with van der Waals surface area (Å²) in [6, 6.07) is 9.41. The SMILES string of the molecule is Cc1cc(-c2nc3cnc(Oc4cccc(F)c4)nc3o2)cc(C(C)C)c1O. The zero-order valence-corrected chi connectivity index (χ0v) is 15.6. The quantitative estimate of drug-likeness (QED) is 0.514. The molecule has 0 saturated heterocycles. The Bertz CT molecular complexity index is 1170. The number of oxazole rings is 1. The molecule has 4 rings (SSSR count). The molecule has 2 aromatic heterocycles. The highest BCUT2D eigenvalue weighted by Gasteiger charge is 2.16. The van der Waals surface area contributed by atoms with E-state index in [1.165, 1.54) is 24.4 Å². The van der Waals surface area contributed by atoms with E-state index in [4.69, 9.17) is 9.15 Å². The summed E-state index contributed by atoms with van der Waals surface area (Å²) >= 11 is 0. The Kier molecular flexibility index (Phi) is 4.43. The fourth-order valence-corrected chi connectivity index (χ4v) is 2.90. The second kappa shape index (κ2) is 6.92. The van der Waals surface area contributed by atoms with Crippen molar-refractivity contribution >= 4 is 11.2 Å². The molecule has 0 radical (unpaired) electrons. The van der Waals surface area contributed by atoms with Crippen molar-refractivity contribution in [1.29, 1.82) is 0 Å². The Hall–Kier alpha value is -3.48. The van der Waals surface area contributed by atoms with Crippen LogP contribution in [0, 0.1) is 12.7 Å². The van der Waals surface area contributed by atoms with E-state index in [9.17, 15) is 9.50 Å². The molecule has 142 valence electrons. The van der Waals surface area contributed by atoms with Crippen LogP contribution >= 0.6 is 0 Å². The lowest BCUT2D eigenvalue weighted by atomic mass is 9.96. The number of hydrogen-bond donors (Lipinski definition) is 1. The Labute approximate surface area is 160 Å². The molecule has 28 heavy (non-hydrogen) atoms. The first-order chi connectivity index (χ1) is 13.4. The van der Waals surface area contributed by atoms with Gasteiger partial charge in [0.15, 0.2) is 0 Å². The van der Waals surface area contributed by atoms with Gasteiger partial charge in [0.1, 0.15) is 22.8 Å². The van der Waals surface area contributed by atoms with Crippen LogP contribution in [0.25, 0.3) is 22.7 Å². The van der Waals surface area contributed by atoms with Crippen molar-refractivity contribution in [3.8, 4) is 29.0 Å². The van der Waals surface area contributed by atoms with Gasteiger partial charge in [-0.05, 0) is 48.2 Å². The molecule has 0 aliphatic rings. The van der Waals surface area contributed by atoms with Crippen molar-refractivity contribution in [3.05, 3.63) is 59.5 Å². The van der Waals surface area contributed by atoms with E-state index in [-0.39, 0.29) is 29.1 Å². The zero-order chi connectivity index (χ0) is 19.8. The predicted molar refractivity (Wildman–Crippen MR) is 102 cm³/mol. The minimum Gasteiger partial charge on any atom is -0.507 e. The summed E-state index contributed by atoms with van der Waals surface area (Å²) in [5.74, 6) is 0.672. The van der Waals surface area contributed by atoms with Crippen LogP contribution < -0.4 is 4.74 Å². The minimum atomic E-state index is -0.413. The highest BCUT2D eigenvalue weighted by Crippen LogP contribution is 2.34. The van der Waals surface area contributed by atoms with Gasteiger partial charge in [-0.3, -0.25) is 0 Å². The molecule has 0 bridgehead atoms. The van der Waals surface area contributed by atoms with Crippen LogP contribution in [0.15, 0.2) is 47.0 Å². The van der Waals surface area contributed by atoms with Crippen LogP contribution in [0.1, 0.15) is 30.9 Å². The molecule has 0 spiro atoms. The Morgan fingerprint density at radius 1 is 1.14 bits per heavy atom. The number of rotatable bonds is 4. The van der Waals surface area contributed by atoms with Crippen molar-refractivity contribution in [3.63, 3.8) is 0 Å². The molecule has 4 aromatic rings. The topological polar surface area (TPSA) is 81.3 Å². The van der Waals surface area contributed by atoms with Crippen molar-refractivity contribution < 1.29 is 18.7 Å². The van der Waals surface area contributed by atoms with Crippen LogP contribution in [0.4, 0.5) is 4.39 Å². The van der Waals surface area contributed by atoms with Crippen molar-refractivity contribution in [2.75, 3.05) is 0 Å². The summed E-state index contributed by atoms with van der Waals surface area (Å²) in [5, 5.41) is 10.3.